The molecule has 18 heavy (non-hydrogen) atoms. The predicted molar refractivity (Wildman–Crippen MR) is 70.0 cm³/mol. The molecule has 1 heterocycles. The van der Waals surface area contributed by atoms with E-state index in [9.17, 15) is 9.00 Å². The van der Waals surface area contributed by atoms with Gasteiger partial charge in [-0.2, -0.15) is 0 Å². The summed E-state index contributed by atoms with van der Waals surface area (Å²) in [5, 5.41) is 8.81. The van der Waals surface area contributed by atoms with E-state index in [0.717, 1.165) is 45.1 Å². The van der Waals surface area contributed by atoms with Crippen molar-refractivity contribution < 1.29 is 18.8 Å². The molecule has 1 saturated heterocycles. The van der Waals surface area contributed by atoms with Crippen LogP contribution in [0.5, 0.6) is 0 Å². The van der Waals surface area contributed by atoms with Crippen LogP contribution in [0.2, 0.25) is 0 Å². The molecular formula is C13H22O4S. The zero-order valence-corrected chi connectivity index (χ0v) is 11.5. The minimum atomic E-state index is -0.862. The molecule has 104 valence electrons. The lowest BCUT2D eigenvalue weighted by Gasteiger charge is -2.12. The van der Waals surface area contributed by atoms with Crippen LogP contribution in [0.4, 0.5) is 0 Å². The van der Waals surface area contributed by atoms with E-state index >= 15 is 0 Å². The first-order chi connectivity index (χ1) is 8.60. The maximum atomic E-state index is 11.9. The minimum absolute atomic E-state index is 0.138. The first kappa shape index (κ1) is 14.0. The fourth-order valence-electron chi connectivity index (χ4n) is 2.63. The molecule has 2 rings (SSSR count). The standard InChI is InChI=1S/C13H22O4S/c14-12(15)9-13(5-6-13)10-18(16)8-2-4-11-3-1-7-17-11/h11H,1-10H2,(H,14,15). The highest BCUT2D eigenvalue weighted by Crippen LogP contribution is 2.49. The van der Waals surface area contributed by atoms with Crippen LogP contribution in [0.3, 0.4) is 0 Å². The molecule has 1 aliphatic carbocycles. The van der Waals surface area contributed by atoms with Crippen LogP contribution in [0, 0.1) is 5.41 Å². The normalized spacial score (nSPS) is 27.0. The van der Waals surface area contributed by atoms with Crippen molar-refractivity contribution in [3.05, 3.63) is 0 Å². The molecule has 1 aliphatic heterocycles. The fraction of sp³-hybridized carbons (Fsp3) is 0.923. The molecule has 2 unspecified atom stereocenters. The molecule has 0 amide bonds. The summed E-state index contributed by atoms with van der Waals surface area (Å²) in [4.78, 5) is 10.7. The SMILES string of the molecule is O=C(O)CC1(CS(=O)CCCC2CCCO2)CC1. The van der Waals surface area contributed by atoms with Gasteiger partial charge in [0.1, 0.15) is 0 Å². The number of carboxylic acid groups (broad SMARTS) is 1. The predicted octanol–water partition coefficient (Wildman–Crippen LogP) is 1.95. The molecule has 0 bridgehead atoms. The van der Waals surface area contributed by atoms with Gasteiger partial charge >= 0.3 is 5.97 Å². The first-order valence-electron chi connectivity index (χ1n) is 6.78. The van der Waals surface area contributed by atoms with Crippen LogP contribution in [-0.4, -0.2) is 39.5 Å². The highest BCUT2D eigenvalue weighted by Gasteiger charge is 2.45. The van der Waals surface area contributed by atoms with Crippen LogP contribution < -0.4 is 0 Å². The molecule has 2 aliphatic rings. The zero-order valence-electron chi connectivity index (χ0n) is 10.7. The number of carbonyl (C=O) groups is 1. The van der Waals surface area contributed by atoms with E-state index in [0.29, 0.717) is 17.6 Å². The fourth-order valence-corrected chi connectivity index (χ4v) is 4.33. The number of rotatable bonds is 8. The monoisotopic (exact) mass is 274 g/mol. The summed E-state index contributed by atoms with van der Waals surface area (Å²) in [6.07, 6.45) is 6.62. The lowest BCUT2D eigenvalue weighted by molar-refractivity contribution is -0.138. The number of aliphatic carboxylic acids is 1. The Morgan fingerprint density at radius 1 is 1.44 bits per heavy atom. The average Bonchev–Trinajstić information content (AvgIpc) is 2.83. The Balaban J connectivity index is 1.61. The van der Waals surface area contributed by atoms with E-state index in [-0.39, 0.29) is 11.8 Å². The Kier molecular flexibility index (Phi) is 4.78. The molecule has 0 radical (unpaired) electrons. The lowest BCUT2D eigenvalue weighted by atomic mass is 10.1. The van der Waals surface area contributed by atoms with E-state index in [2.05, 4.69) is 0 Å². The molecule has 0 aromatic rings. The van der Waals surface area contributed by atoms with Gasteiger partial charge in [0.15, 0.2) is 0 Å². The summed E-state index contributed by atoms with van der Waals surface area (Å²) >= 11 is 0. The van der Waals surface area contributed by atoms with E-state index in [1.165, 1.54) is 0 Å². The molecule has 0 aromatic carbocycles. The summed E-state index contributed by atoms with van der Waals surface area (Å²) < 4.78 is 17.5. The second-order valence-corrected chi connectivity index (χ2v) is 7.21. The van der Waals surface area contributed by atoms with Gasteiger partial charge in [0.05, 0.1) is 12.5 Å². The van der Waals surface area contributed by atoms with Crippen molar-refractivity contribution >= 4 is 16.8 Å². The summed E-state index contributed by atoms with van der Waals surface area (Å²) in [7, 11) is -0.862. The van der Waals surface area contributed by atoms with Gasteiger partial charge < -0.3 is 9.84 Å². The van der Waals surface area contributed by atoms with Crippen molar-refractivity contribution in [3.8, 4) is 0 Å². The van der Waals surface area contributed by atoms with E-state index in [1.807, 2.05) is 0 Å². The first-order valence-corrected chi connectivity index (χ1v) is 8.27. The highest BCUT2D eigenvalue weighted by atomic mass is 32.2. The maximum Gasteiger partial charge on any atom is 0.303 e. The Labute approximate surface area is 111 Å². The smallest absolute Gasteiger partial charge is 0.303 e. The molecule has 2 atom stereocenters. The van der Waals surface area contributed by atoms with Gasteiger partial charge in [-0.25, -0.2) is 0 Å². The average molecular weight is 274 g/mol. The summed E-state index contributed by atoms with van der Waals surface area (Å²) in [5.41, 5.74) is -0.138. The van der Waals surface area contributed by atoms with Crippen LogP contribution >= 0.6 is 0 Å². The van der Waals surface area contributed by atoms with E-state index in [1.54, 1.807) is 0 Å². The van der Waals surface area contributed by atoms with Crippen molar-refractivity contribution in [3.63, 3.8) is 0 Å². The number of carboxylic acids is 1. The van der Waals surface area contributed by atoms with Gasteiger partial charge in [0, 0.05) is 28.9 Å². The van der Waals surface area contributed by atoms with Crippen LogP contribution in [0.15, 0.2) is 0 Å². The van der Waals surface area contributed by atoms with Gasteiger partial charge in [-0.3, -0.25) is 9.00 Å². The van der Waals surface area contributed by atoms with Crippen molar-refractivity contribution in [1.29, 1.82) is 0 Å². The molecular weight excluding hydrogens is 252 g/mol. The summed E-state index contributed by atoms with van der Waals surface area (Å²) in [5.74, 6) is 0.510. The minimum Gasteiger partial charge on any atom is -0.481 e. The molecule has 1 saturated carbocycles. The van der Waals surface area contributed by atoms with Gasteiger partial charge in [-0.1, -0.05) is 0 Å². The van der Waals surface area contributed by atoms with Crippen LogP contribution in [-0.2, 0) is 20.3 Å². The molecule has 1 N–H and O–H groups in total. The summed E-state index contributed by atoms with van der Waals surface area (Å²) in [6, 6.07) is 0. The highest BCUT2D eigenvalue weighted by molar-refractivity contribution is 7.85. The lowest BCUT2D eigenvalue weighted by Crippen LogP contribution is -2.18. The van der Waals surface area contributed by atoms with Gasteiger partial charge in [0.25, 0.3) is 0 Å². The van der Waals surface area contributed by atoms with Crippen molar-refractivity contribution in [2.24, 2.45) is 5.41 Å². The van der Waals surface area contributed by atoms with Gasteiger partial charge in [-0.05, 0) is 43.9 Å². The number of hydrogen-bond acceptors (Lipinski definition) is 3. The third kappa shape index (κ3) is 4.35. The second kappa shape index (κ2) is 6.15. The Hall–Kier alpha value is -0.420. The Morgan fingerprint density at radius 2 is 2.22 bits per heavy atom. The van der Waals surface area contributed by atoms with Crippen molar-refractivity contribution in [1.82, 2.24) is 0 Å². The second-order valence-electron chi connectivity index (χ2n) is 5.64. The van der Waals surface area contributed by atoms with Crippen LogP contribution in [0.1, 0.15) is 44.9 Å². The van der Waals surface area contributed by atoms with Crippen LogP contribution in [0.25, 0.3) is 0 Å². The topological polar surface area (TPSA) is 63.6 Å². The largest absolute Gasteiger partial charge is 0.481 e. The van der Waals surface area contributed by atoms with Crippen molar-refractivity contribution in [2.75, 3.05) is 18.1 Å². The Morgan fingerprint density at radius 3 is 2.78 bits per heavy atom. The zero-order chi connectivity index (χ0) is 13.0. The number of hydrogen-bond donors (Lipinski definition) is 1. The van der Waals surface area contributed by atoms with Gasteiger partial charge in [0.2, 0.25) is 0 Å². The summed E-state index contributed by atoms with van der Waals surface area (Å²) in [6.45, 7) is 0.871. The molecule has 2 fully saturated rings. The molecule has 0 spiro atoms. The quantitative estimate of drug-likeness (QED) is 0.735. The molecule has 5 heteroatoms. The number of ether oxygens (including phenoxy) is 1. The van der Waals surface area contributed by atoms with E-state index < -0.39 is 16.8 Å². The molecule has 4 nitrogen and oxygen atoms in total. The van der Waals surface area contributed by atoms with Crippen molar-refractivity contribution in [2.45, 2.75) is 51.0 Å². The van der Waals surface area contributed by atoms with E-state index in [4.69, 9.17) is 9.84 Å². The van der Waals surface area contributed by atoms with Gasteiger partial charge in [-0.15, -0.1) is 0 Å². The third-order valence-electron chi connectivity index (χ3n) is 3.87. The molecule has 0 aromatic heterocycles. The Bertz CT molecular complexity index is 319. The maximum absolute atomic E-state index is 11.9. The third-order valence-corrected chi connectivity index (χ3v) is 5.55.